The highest BCUT2D eigenvalue weighted by atomic mass is 14.0. The first kappa shape index (κ1) is 12.5. The zero-order chi connectivity index (χ0) is 11.8. The third-order valence-electron chi connectivity index (χ3n) is 2.68. The molecule has 0 atom stereocenters. The van der Waals surface area contributed by atoms with Crippen molar-refractivity contribution in [3.05, 3.63) is 71.8 Å². The molecule has 1 rings (SSSR count). The average molecular weight is 212 g/mol. The highest BCUT2D eigenvalue weighted by Crippen LogP contribution is 2.12. The number of hydrogen-bond donors (Lipinski definition) is 0. The fraction of sp³-hybridized carbons (Fsp3) is 0.250. The Hall–Kier alpha value is -1.56. The molecule has 0 aliphatic carbocycles. The molecule has 0 N–H and O–H groups in total. The molecule has 16 heavy (non-hydrogen) atoms. The van der Waals surface area contributed by atoms with E-state index in [0.717, 1.165) is 12.8 Å². The van der Waals surface area contributed by atoms with Gasteiger partial charge < -0.3 is 0 Å². The molecular formula is C16H20. The first-order valence-corrected chi connectivity index (χ1v) is 5.76. The zero-order valence-corrected chi connectivity index (χ0v) is 10.2. The molecule has 0 bridgehead atoms. The standard InChI is InChI=1S/C16H20/c1-4-14(3)13-15(5-2)11-12-16-9-7-6-8-10-16/h4-10,13H,2,11-12H2,1,3H3/b14-4-,15-13+. The van der Waals surface area contributed by atoms with Crippen molar-refractivity contribution in [2.45, 2.75) is 26.7 Å². The summed E-state index contributed by atoms with van der Waals surface area (Å²) in [7, 11) is 0. The summed E-state index contributed by atoms with van der Waals surface area (Å²) in [6, 6.07) is 10.6. The molecule has 1 aromatic rings. The first-order chi connectivity index (χ1) is 7.76. The topological polar surface area (TPSA) is 0 Å². The SMILES string of the molecule is C=C/C(=C\C(C)=C/C)CCc1ccccc1. The van der Waals surface area contributed by atoms with Gasteiger partial charge in [0, 0.05) is 0 Å². The van der Waals surface area contributed by atoms with Gasteiger partial charge in [-0.05, 0) is 37.8 Å². The van der Waals surface area contributed by atoms with E-state index in [0.29, 0.717) is 0 Å². The third-order valence-corrected chi connectivity index (χ3v) is 2.68. The molecule has 0 saturated carbocycles. The van der Waals surface area contributed by atoms with E-state index < -0.39 is 0 Å². The predicted octanol–water partition coefficient (Wildman–Crippen LogP) is 4.70. The van der Waals surface area contributed by atoms with Crippen molar-refractivity contribution in [3.63, 3.8) is 0 Å². The minimum absolute atomic E-state index is 1.05. The van der Waals surface area contributed by atoms with Crippen LogP contribution in [0, 0.1) is 0 Å². The van der Waals surface area contributed by atoms with Crippen LogP contribution in [0.25, 0.3) is 0 Å². The number of hydrogen-bond acceptors (Lipinski definition) is 0. The molecule has 0 nitrogen and oxygen atoms in total. The monoisotopic (exact) mass is 212 g/mol. The van der Waals surface area contributed by atoms with Gasteiger partial charge in [-0.25, -0.2) is 0 Å². The van der Waals surface area contributed by atoms with Crippen LogP contribution in [0.2, 0.25) is 0 Å². The minimum atomic E-state index is 1.05. The van der Waals surface area contributed by atoms with Crippen molar-refractivity contribution in [3.8, 4) is 0 Å². The summed E-state index contributed by atoms with van der Waals surface area (Å²) in [5.41, 5.74) is 3.98. The maximum absolute atomic E-state index is 3.87. The van der Waals surface area contributed by atoms with Crippen molar-refractivity contribution < 1.29 is 0 Å². The van der Waals surface area contributed by atoms with Crippen molar-refractivity contribution in [1.82, 2.24) is 0 Å². The predicted molar refractivity (Wildman–Crippen MR) is 72.5 cm³/mol. The van der Waals surface area contributed by atoms with Crippen LogP contribution in [0.1, 0.15) is 25.8 Å². The summed E-state index contributed by atoms with van der Waals surface area (Å²) in [5, 5.41) is 0. The first-order valence-electron chi connectivity index (χ1n) is 5.76. The lowest BCUT2D eigenvalue weighted by atomic mass is 10.0. The second-order valence-electron chi connectivity index (χ2n) is 3.94. The molecule has 0 radical (unpaired) electrons. The Bertz CT molecular complexity index is 380. The summed E-state index contributed by atoms with van der Waals surface area (Å²) >= 11 is 0. The van der Waals surface area contributed by atoms with Gasteiger partial charge >= 0.3 is 0 Å². The Labute approximate surface area is 99.0 Å². The average Bonchev–Trinajstić information content (AvgIpc) is 2.35. The Morgan fingerprint density at radius 1 is 1.25 bits per heavy atom. The molecule has 0 aliphatic rings. The van der Waals surface area contributed by atoms with Crippen molar-refractivity contribution in [2.75, 3.05) is 0 Å². The molecule has 0 heteroatoms. The lowest BCUT2D eigenvalue weighted by Crippen LogP contribution is -1.87. The third kappa shape index (κ3) is 4.31. The van der Waals surface area contributed by atoms with Gasteiger partial charge in [0.05, 0.1) is 0 Å². The quantitative estimate of drug-likeness (QED) is 0.621. The fourth-order valence-electron chi connectivity index (χ4n) is 1.54. The number of allylic oxidation sites excluding steroid dienone is 5. The van der Waals surface area contributed by atoms with Crippen LogP contribution >= 0.6 is 0 Å². The maximum atomic E-state index is 3.87. The highest BCUT2D eigenvalue weighted by molar-refractivity contribution is 5.28. The van der Waals surface area contributed by atoms with E-state index in [1.807, 2.05) is 6.08 Å². The highest BCUT2D eigenvalue weighted by Gasteiger charge is 1.95. The van der Waals surface area contributed by atoms with E-state index in [4.69, 9.17) is 0 Å². The van der Waals surface area contributed by atoms with Crippen molar-refractivity contribution in [2.24, 2.45) is 0 Å². The second kappa shape index (κ2) is 6.84. The molecule has 1 aromatic carbocycles. The van der Waals surface area contributed by atoms with Gasteiger partial charge in [0.25, 0.3) is 0 Å². The van der Waals surface area contributed by atoms with Gasteiger partial charge in [0.1, 0.15) is 0 Å². The Morgan fingerprint density at radius 3 is 2.50 bits per heavy atom. The Morgan fingerprint density at radius 2 is 1.94 bits per heavy atom. The van der Waals surface area contributed by atoms with Gasteiger partial charge in [-0.15, -0.1) is 0 Å². The summed E-state index contributed by atoms with van der Waals surface area (Å²) in [5.74, 6) is 0. The lowest BCUT2D eigenvalue weighted by molar-refractivity contribution is 0.964. The molecule has 0 fully saturated rings. The van der Waals surface area contributed by atoms with E-state index in [1.165, 1.54) is 16.7 Å². The van der Waals surface area contributed by atoms with Crippen molar-refractivity contribution >= 4 is 0 Å². The second-order valence-corrected chi connectivity index (χ2v) is 3.94. The lowest BCUT2D eigenvalue weighted by Gasteiger charge is -2.03. The molecule has 0 saturated heterocycles. The van der Waals surface area contributed by atoms with Crippen LogP contribution in [-0.4, -0.2) is 0 Å². The molecule has 84 valence electrons. The molecule has 0 unspecified atom stereocenters. The van der Waals surface area contributed by atoms with Gasteiger partial charge in [-0.2, -0.15) is 0 Å². The maximum Gasteiger partial charge on any atom is -0.0238 e. The van der Waals surface area contributed by atoms with E-state index in [-0.39, 0.29) is 0 Å². The number of aryl methyl sites for hydroxylation is 1. The van der Waals surface area contributed by atoms with Crippen LogP contribution in [0.5, 0.6) is 0 Å². The number of benzene rings is 1. The van der Waals surface area contributed by atoms with Gasteiger partial charge in [0.15, 0.2) is 0 Å². The molecule has 0 heterocycles. The summed E-state index contributed by atoms with van der Waals surface area (Å²) in [6.07, 6.45) is 8.41. The Balaban J connectivity index is 2.59. The van der Waals surface area contributed by atoms with E-state index in [1.54, 1.807) is 0 Å². The number of rotatable bonds is 5. The van der Waals surface area contributed by atoms with E-state index >= 15 is 0 Å². The smallest absolute Gasteiger partial charge is 0.0238 e. The van der Waals surface area contributed by atoms with Crippen LogP contribution in [0.3, 0.4) is 0 Å². The fourth-order valence-corrected chi connectivity index (χ4v) is 1.54. The molecular weight excluding hydrogens is 192 g/mol. The van der Waals surface area contributed by atoms with Crippen LogP contribution < -0.4 is 0 Å². The summed E-state index contributed by atoms with van der Waals surface area (Å²) in [6.45, 7) is 8.04. The van der Waals surface area contributed by atoms with Crippen LogP contribution in [-0.2, 0) is 6.42 Å². The summed E-state index contributed by atoms with van der Waals surface area (Å²) < 4.78 is 0. The van der Waals surface area contributed by atoms with Gasteiger partial charge in [0.2, 0.25) is 0 Å². The molecule has 0 aromatic heterocycles. The largest absolute Gasteiger partial charge is 0.0988 e. The van der Waals surface area contributed by atoms with Crippen LogP contribution in [0.4, 0.5) is 0 Å². The Kier molecular flexibility index (Phi) is 5.35. The molecule has 0 aliphatic heterocycles. The normalized spacial score (nSPS) is 12.6. The van der Waals surface area contributed by atoms with Gasteiger partial charge in [-0.3, -0.25) is 0 Å². The van der Waals surface area contributed by atoms with E-state index in [2.05, 4.69) is 62.9 Å². The molecule has 0 spiro atoms. The van der Waals surface area contributed by atoms with Crippen molar-refractivity contribution in [1.29, 1.82) is 0 Å². The van der Waals surface area contributed by atoms with Gasteiger partial charge in [-0.1, -0.05) is 60.7 Å². The van der Waals surface area contributed by atoms with Crippen LogP contribution in [0.15, 0.2) is 66.3 Å². The zero-order valence-electron chi connectivity index (χ0n) is 10.2. The minimum Gasteiger partial charge on any atom is -0.0988 e. The van der Waals surface area contributed by atoms with E-state index in [9.17, 15) is 0 Å². The summed E-state index contributed by atoms with van der Waals surface area (Å²) in [4.78, 5) is 0. The molecule has 0 amide bonds.